The molecule has 0 fully saturated rings. The van der Waals surface area contributed by atoms with Crippen molar-refractivity contribution in [2.24, 2.45) is 5.73 Å². The number of nitrogens with one attached hydrogen (secondary N) is 1. The average molecular weight is 549 g/mol. The number of amides is 2. The van der Waals surface area contributed by atoms with Crippen LogP contribution < -0.4 is 16.8 Å². The highest BCUT2D eigenvalue weighted by Crippen LogP contribution is 2.31. The lowest BCUT2D eigenvalue weighted by Crippen LogP contribution is -2.38. The summed E-state index contributed by atoms with van der Waals surface area (Å²) in [6.45, 7) is 9.28. The summed E-state index contributed by atoms with van der Waals surface area (Å²) in [5.41, 5.74) is 17.3. The fourth-order valence-electron chi connectivity index (χ4n) is 4.56. The largest absolute Gasteiger partial charge is 0.399 e. The summed E-state index contributed by atoms with van der Waals surface area (Å²) in [7, 11) is 0. The zero-order valence-corrected chi connectivity index (χ0v) is 24.1. The fraction of sp³-hybridized carbons (Fsp3) is 0.355. The second-order valence-electron chi connectivity index (χ2n) is 9.76. The van der Waals surface area contributed by atoms with E-state index in [1.165, 1.54) is 0 Å². The molecule has 0 spiro atoms. The average Bonchev–Trinajstić information content (AvgIpc) is 2.91. The van der Waals surface area contributed by atoms with Crippen LogP contribution in [0, 0.1) is 0 Å². The number of carbonyl (C=O) groups is 2. The molecular weight excluding hydrogens is 508 g/mol. The van der Waals surface area contributed by atoms with E-state index in [0.717, 1.165) is 33.6 Å². The Hall–Kier alpha value is -3.49. The van der Waals surface area contributed by atoms with Gasteiger partial charge in [0.1, 0.15) is 6.04 Å². The molecule has 7 nitrogen and oxygen atoms in total. The first-order valence-corrected chi connectivity index (χ1v) is 14.3. The van der Waals surface area contributed by atoms with Crippen LogP contribution in [0.2, 0.25) is 0 Å². The van der Waals surface area contributed by atoms with Gasteiger partial charge in [0.2, 0.25) is 11.8 Å². The van der Waals surface area contributed by atoms with Gasteiger partial charge in [-0.05, 0) is 78.4 Å². The number of nitrogens with zero attached hydrogens (tertiary/aromatic N) is 1. The highest BCUT2D eigenvalue weighted by Gasteiger charge is 2.27. The molecule has 0 aromatic heterocycles. The van der Waals surface area contributed by atoms with E-state index >= 15 is 0 Å². The van der Waals surface area contributed by atoms with Gasteiger partial charge in [0, 0.05) is 46.8 Å². The summed E-state index contributed by atoms with van der Waals surface area (Å²) in [4.78, 5) is 29.0. The molecule has 2 amide bonds. The molecule has 6 N–H and O–H groups in total. The third kappa shape index (κ3) is 8.00. The van der Waals surface area contributed by atoms with Crippen molar-refractivity contribution in [3.63, 3.8) is 0 Å². The number of primary amides is 1. The first kappa shape index (κ1) is 30.1. The second kappa shape index (κ2) is 14.1. The van der Waals surface area contributed by atoms with Gasteiger partial charge in [-0.1, -0.05) is 45.0 Å². The molecule has 1 unspecified atom stereocenters. The molecule has 0 aliphatic carbocycles. The van der Waals surface area contributed by atoms with E-state index in [0.29, 0.717) is 41.7 Å². The minimum absolute atomic E-state index is 0.0629. The van der Waals surface area contributed by atoms with Gasteiger partial charge >= 0.3 is 0 Å². The maximum Gasteiger partial charge on any atom is 0.250 e. The van der Waals surface area contributed by atoms with Crippen LogP contribution in [0.25, 0.3) is 0 Å². The van der Waals surface area contributed by atoms with E-state index in [1.807, 2.05) is 54.3 Å². The van der Waals surface area contributed by atoms with Crippen molar-refractivity contribution in [2.75, 3.05) is 24.2 Å². The lowest BCUT2D eigenvalue weighted by molar-refractivity contribution is -0.132. The Labute approximate surface area is 236 Å². The predicted molar refractivity (Wildman–Crippen MR) is 161 cm³/mol. The minimum Gasteiger partial charge on any atom is -0.399 e. The lowest BCUT2D eigenvalue weighted by atomic mass is 9.95. The molecule has 0 aliphatic heterocycles. The number of rotatable bonds is 13. The van der Waals surface area contributed by atoms with Crippen molar-refractivity contribution >= 4 is 35.0 Å². The molecule has 1 atom stereocenters. The maximum atomic E-state index is 14.2. The molecule has 0 saturated heterocycles. The topological polar surface area (TPSA) is 122 Å². The summed E-state index contributed by atoms with van der Waals surface area (Å²) >= 11 is 1.75. The van der Waals surface area contributed by atoms with Gasteiger partial charge < -0.3 is 26.8 Å². The Morgan fingerprint density at radius 1 is 1.00 bits per heavy atom. The van der Waals surface area contributed by atoms with Crippen LogP contribution in [0.4, 0.5) is 11.4 Å². The normalized spacial score (nSPS) is 11.8. The van der Waals surface area contributed by atoms with Crippen LogP contribution in [0.5, 0.6) is 0 Å². The van der Waals surface area contributed by atoms with Crippen molar-refractivity contribution in [2.45, 2.75) is 63.3 Å². The number of hydrogen-bond acceptors (Lipinski definition) is 6. The summed E-state index contributed by atoms with van der Waals surface area (Å²) < 4.78 is 0. The summed E-state index contributed by atoms with van der Waals surface area (Å²) in [6, 6.07) is 18.0. The van der Waals surface area contributed by atoms with Crippen LogP contribution in [0.15, 0.2) is 65.6 Å². The molecule has 8 heteroatoms. The molecule has 0 heterocycles. The van der Waals surface area contributed by atoms with Gasteiger partial charge in [-0.15, -0.1) is 11.8 Å². The van der Waals surface area contributed by atoms with E-state index < -0.39 is 11.9 Å². The standard InChI is InChI=1S/C31H40N4O3S/c1-5-21-16-23(11-10-22(21)14-15-36)29(34-27-9-7-8-24(18-27)30(33)37)31(38)35(6-2)19-25-17-26(32)12-13-28(25)39-20(3)4/h7-13,16-18,20,29,34,36H,5-6,14-15,19,32H2,1-4H3,(H2,33,37). The lowest BCUT2D eigenvalue weighted by Gasteiger charge is -2.29. The Bertz CT molecular complexity index is 1290. The van der Waals surface area contributed by atoms with Gasteiger partial charge in [0.25, 0.3) is 0 Å². The van der Waals surface area contributed by atoms with Crippen molar-refractivity contribution in [1.82, 2.24) is 4.90 Å². The Balaban J connectivity index is 2.03. The van der Waals surface area contributed by atoms with Gasteiger partial charge in [0.15, 0.2) is 0 Å². The smallest absolute Gasteiger partial charge is 0.250 e. The third-order valence-corrected chi connectivity index (χ3v) is 7.66. The molecule has 39 heavy (non-hydrogen) atoms. The SMILES string of the molecule is CCc1cc(C(Nc2cccc(C(N)=O)c2)C(=O)N(CC)Cc2cc(N)ccc2SC(C)C)ccc1CCO. The van der Waals surface area contributed by atoms with Crippen LogP contribution in [0.1, 0.15) is 66.3 Å². The van der Waals surface area contributed by atoms with Crippen molar-refractivity contribution in [3.8, 4) is 0 Å². The Morgan fingerprint density at radius 3 is 2.41 bits per heavy atom. The summed E-state index contributed by atoms with van der Waals surface area (Å²) in [5, 5.41) is 13.2. The van der Waals surface area contributed by atoms with Crippen LogP contribution in [-0.2, 0) is 24.2 Å². The Morgan fingerprint density at radius 2 is 1.77 bits per heavy atom. The number of thioether (sulfide) groups is 1. The maximum absolute atomic E-state index is 14.2. The molecule has 3 rings (SSSR count). The molecule has 0 saturated carbocycles. The number of aliphatic hydroxyl groups excluding tert-OH is 1. The second-order valence-corrected chi connectivity index (χ2v) is 11.4. The highest BCUT2D eigenvalue weighted by molar-refractivity contribution is 8.00. The van der Waals surface area contributed by atoms with E-state index in [9.17, 15) is 14.7 Å². The van der Waals surface area contributed by atoms with E-state index in [4.69, 9.17) is 11.5 Å². The number of aliphatic hydroxyl groups is 1. The number of benzene rings is 3. The molecule has 3 aromatic carbocycles. The number of carbonyl (C=O) groups excluding carboxylic acids is 2. The minimum atomic E-state index is -0.705. The number of likely N-dealkylation sites (N-methyl/N-ethyl adjacent to an activating group) is 1. The van der Waals surface area contributed by atoms with Crippen molar-refractivity contribution < 1.29 is 14.7 Å². The van der Waals surface area contributed by atoms with Gasteiger partial charge in [0.05, 0.1) is 0 Å². The monoisotopic (exact) mass is 548 g/mol. The predicted octanol–water partition coefficient (Wildman–Crippen LogP) is 5.17. The summed E-state index contributed by atoms with van der Waals surface area (Å²) in [6.07, 6.45) is 1.33. The number of anilines is 2. The summed E-state index contributed by atoms with van der Waals surface area (Å²) in [5.74, 6) is -0.628. The van der Waals surface area contributed by atoms with Crippen LogP contribution in [0.3, 0.4) is 0 Å². The van der Waals surface area contributed by atoms with Crippen molar-refractivity contribution in [1.29, 1.82) is 0 Å². The van der Waals surface area contributed by atoms with Crippen molar-refractivity contribution in [3.05, 3.63) is 88.5 Å². The zero-order chi connectivity index (χ0) is 28.5. The van der Waals surface area contributed by atoms with Gasteiger partial charge in [-0.25, -0.2) is 0 Å². The number of nitrogen functional groups attached to an aromatic ring is 1. The molecule has 3 aromatic rings. The van der Waals surface area contributed by atoms with E-state index in [2.05, 4.69) is 26.1 Å². The third-order valence-electron chi connectivity index (χ3n) is 6.53. The first-order valence-electron chi connectivity index (χ1n) is 13.4. The molecule has 0 radical (unpaired) electrons. The Kier molecular flexibility index (Phi) is 10.8. The molecular formula is C31H40N4O3S. The van der Waals surface area contributed by atoms with Gasteiger partial charge in [-0.3, -0.25) is 9.59 Å². The first-order chi connectivity index (χ1) is 18.7. The number of nitrogens with two attached hydrogens (primary N) is 2. The molecule has 208 valence electrons. The van der Waals surface area contributed by atoms with Crippen LogP contribution in [-0.4, -0.2) is 40.2 Å². The number of aryl methyl sites for hydroxylation is 1. The number of hydrogen-bond donors (Lipinski definition) is 4. The highest BCUT2D eigenvalue weighted by atomic mass is 32.2. The quantitative estimate of drug-likeness (QED) is 0.173. The molecule has 0 aliphatic rings. The molecule has 0 bridgehead atoms. The van der Waals surface area contributed by atoms with Gasteiger partial charge in [-0.2, -0.15) is 0 Å². The van der Waals surface area contributed by atoms with E-state index in [1.54, 1.807) is 30.0 Å². The van der Waals surface area contributed by atoms with Crippen LogP contribution >= 0.6 is 11.8 Å². The van der Waals surface area contributed by atoms with E-state index in [-0.39, 0.29) is 12.5 Å². The fourth-order valence-corrected chi connectivity index (χ4v) is 5.49. The zero-order valence-electron chi connectivity index (χ0n) is 23.2.